The Morgan fingerprint density at radius 1 is 1.10 bits per heavy atom. The van der Waals surface area contributed by atoms with Crippen molar-refractivity contribution < 1.29 is 19.1 Å². The van der Waals surface area contributed by atoms with Gasteiger partial charge in [-0.2, -0.15) is 0 Å². The van der Waals surface area contributed by atoms with Gasteiger partial charge in [0.2, 0.25) is 5.91 Å². The van der Waals surface area contributed by atoms with Crippen molar-refractivity contribution in [3.63, 3.8) is 0 Å². The number of aliphatic hydroxyl groups is 1. The van der Waals surface area contributed by atoms with E-state index in [9.17, 15) is 19.1 Å². The third kappa shape index (κ3) is 5.28. The first-order valence-corrected chi connectivity index (χ1v) is 11.0. The fourth-order valence-corrected chi connectivity index (χ4v) is 4.51. The second-order valence-electron chi connectivity index (χ2n) is 8.53. The molecule has 0 bridgehead atoms. The standard InChI is InChI=1S/C24H28FN3O3/c25-19-5-1-3-16(13-19)22-8-7-18(15-26-22)23(30)27-20-6-2-4-17(14-20)24(31)28-11-9-21(29)10-12-28/h1,3,5,7-8,13,15,17,20-21,29H,2,4,6,9-12,14H2,(H,27,30). The normalized spacial score (nSPS) is 22.2. The molecular weight excluding hydrogens is 397 g/mol. The van der Waals surface area contributed by atoms with Crippen molar-refractivity contribution in [2.75, 3.05) is 13.1 Å². The SMILES string of the molecule is O=C(NC1CCCC(C(=O)N2CCC(O)CC2)C1)c1ccc(-c2cccc(F)c2)nc1. The van der Waals surface area contributed by atoms with E-state index in [1.54, 1.807) is 24.3 Å². The first-order chi connectivity index (χ1) is 15.0. The number of amides is 2. The number of pyridine rings is 1. The third-order valence-corrected chi connectivity index (χ3v) is 6.28. The molecule has 2 aliphatic rings. The number of rotatable bonds is 4. The summed E-state index contributed by atoms with van der Waals surface area (Å²) in [7, 11) is 0. The molecule has 4 rings (SSSR count). The number of likely N-dealkylation sites (tertiary alicyclic amines) is 1. The second kappa shape index (κ2) is 9.56. The Morgan fingerprint density at radius 2 is 1.90 bits per heavy atom. The second-order valence-corrected chi connectivity index (χ2v) is 8.53. The van der Waals surface area contributed by atoms with Crippen molar-refractivity contribution in [2.24, 2.45) is 5.92 Å². The van der Waals surface area contributed by atoms with Gasteiger partial charge in [-0.1, -0.05) is 18.6 Å². The smallest absolute Gasteiger partial charge is 0.253 e. The van der Waals surface area contributed by atoms with E-state index in [1.807, 2.05) is 4.90 Å². The molecule has 1 saturated heterocycles. The maximum absolute atomic E-state index is 13.4. The van der Waals surface area contributed by atoms with Gasteiger partial charge in [0.15, 0.2) is 0 Å². The number of hydrogen-bond donors (Lipinski definition) is 2. The van der Waals surface area contributed by atoms with Gasteiger partial charge in [-0.3, -0.25) is 14.6 Å². The van der Waals surface area contributed by atoms with Crippen LogP contribution >= 0.6 is 0 Å². The molecule has 0 spiro atoms. The van der Waals surface area contributed by atoms with Gasteiger partial charge in [-0.15, -0.1) is 0 Å². The Kier molecular flexibility index (Phi) is 6.61. The van der Waals surface area contributed by atoms with E-state index in [1.165, 1.54) is 18.3 Å². The van der Waals surface area contributed by atoms with Gasteiger partial charge >= 0.3 is 0 Å². The highest BCUT2D eigenvalue weighted by atomic mass is 19.1. The lowest BCUT2D eigenvalue weighted by Gasteiger charge is -2.35. The van der Waals surface area contributed by atoms with Gasteiger partial charge in [-0.25, -0.2) is 4.39 Å². The molecule has 2 aromatic rings. The number of hydrogen-bond acceptors (Lipinski definition) is 4. The average molecular weight is 426 g/mol. The van der Waals surface area contributed by atoms with Crippen LogP contribution in [0, 0.1) is 11.7 Å². The van der Waals surface area contributed by atoms with Crippen molar-refractivity contribution >= 4 is 11.8 Å². The Bertz CT molecular complexity index is 926. The van der Waals surface area contributed by atoms with Crippen LogP contribution in [0.2, 0.25) is 0 Å². The molecule has 2 heterocycles. The lowest BCUT2D eigenvalue weighted by atomic mass is 9.84. The van der Waals surface area contributed by atoms with Crippen molar-refractivity contribution in [1.82, 2.24) is 15.2 Å². The summed E-state index contributed by atoms with van der Waals surface area (Å²) < 4.78 is 13.4. The highest BCUT2D eigenvalue weighted by molar-refractivity contribution is 5.94. The number of carbonyl (C=O) groups is 2. The van der Waals surface area contributed by atoms with E-state index in [0.29, 0.717) is 49.2 Å². The molecule has 1 saturated carbocycles. The fraction of sp³-hybridized carbons (Fsp3) is 0.458. The van der Waals surface area contributed by atoms with E-state index in [-0.39, 0.29) is 35.7 Å². The quantitative estimate of drug-likeness (QED) is 0.788. The molecule has 7 heteroatoms. The van der Waals surface area contributed by atoms with Gasteiger partial charge in [0.05, 0.1) is 17.4 Å². The number of piperidine rings is 1. The number of halogens is 1. The zero-order valence-electron chi connectivity index (χ0n) is 17.5. The number of aromatic nitrogens is 1. The number of aliphatic hydroxyl groups excluding tert-OH is 1. The Balaban J connectivity index is 1.34. The van der Waals surface area contributed by atoms with Crippen molar-refractivity contribution in [3.05, 3.63) is 54.0 Å². The van der Waals surface area contributed by atoms with Gasteiger partial charge in [-0.05, 0) is 56.4 Å². The first kappa shape index (κ1) is 21.4. The summed E-state index contributed by atoms with van der Waals surface area (Å²) in [4.78, 5) is 31.7. The molecule has 31 heavy (non-hydrogen) atoms. The van der Waals surface area contributed by atoms with Crippen LogP contribution in [0.4, 0.5) is 4.39 Å². The summed E-state index contributed by atoms with van der Waals surface area (Å²) >= 11 is 0. The predicted octanol–water partition coefficient (Wildman–Crippen LogP) is 3.16. The molecule has 1 aliphatic carbocycles. The summed E-state index contributed by atoms with van der Waals surface area (Å²) in [6.45, 7) is 1.22. The molecular formula is C24H28FN3O3. The molecule has 2 amide bonds. The van der Waals surface area contributed by atoms with Crippen molar-refractivity contribution in [2.45, 2.75) is 50.7 Å². The monoisotopic (exact) mass is 425 g/mol. The number of benzene rings is 1. The fourth-order valence-electron chi connectivity index (χ4n) is 4.51. The Hall–Kier alpha value is -2.80. The van der Waals surface area contributed by atoms with Crippen LogP contribution in [0.15, 0.2) is 42.6 Å². The van der Waals surface area contributed by atoms with Gasteiger partial charge in [0, 0.05) is 36.8 Å². The molecule has 164 valence electrons. The van der Waals surface area contributed by atoms with Crippen LogP contribution in [-0.4, -0.2) is 52.0 Å². The number of nitrogens with one attached hydrogen (secondary N) is 1. The van der Waals surface area contributed by atoms with E-state index < -0.39 is 0 Å². The molecule has 1 aromatic heterocycles. The maximum Gasteiger partial charge on any atom is 0.253 e. The van der Waals surface area contributed by atoms with E-state index in [4.69, 9.17) is 0 Å². The molecule has 2 unspecified atom stereocenters. The molecule has 1 aliphatic heterocycles. The minimum Gasteiger partial charge on any atom is -0.393 e. The highest BCUT2D eigenvalue weighted by Gasteiger charge is 2.32. The molecule has 2 fully saturated rings. The van der Waals surface area contributed by atoms with Crippen LogP contribution in [0.1, 0.15) is 48.9 Å². The lowest BCUT2D eigenvalue weighted by Crippen LogP contribution is -2.46. The first-order valence-electron chi connectivity index (χ1n) is 11.0. The molecule has 0 radical (unpaired) electrons. The summed E-state index contributed by atoms with van der Waals surface area (Å²) in [5.41, 5.74) is 1.70. The van der Waals surface area contributed by atoms with Crippen LogP contribution in [-0.2, 0) is 4.79 Å². The molecule has 2 N–H and O–H groups in total. The molecule has 1 aromatic carbocycles. The van der Waals surface area contributed by atoms with E-state index in [2.05, 4.69) is 10.3 Å². The van der Waals surface area contributed by atoms with Crippen LogP contribution in [0.25, 0.3) is 11.3 Å². The van der Waals surface area contributed by atoms with E-state index >= 15 is 0 Å². The summed E-state index contributed by atoms with van der Waals surface area (Å²) in [6.07, 6.45) is 5.70. The van der Waals surface area contributed by atoms with Crippen LogP contribution in [0.3, 0.4) is 0 Å². The largest absolute Gasteiger partial charge is 0.393 e. The van der Waals surface area contributed by atoms with E-state index in [0.717, 1.165) is 19.3 Å². The number of nitrogens with zero attached hydrogens (tertiary/aromatic N) is 2. The van der Waals surface area contributed by atoms with Crippen LogP contribution < -0.4 is 5.32 Å². The zero-order valence-corrected chi connectivity index (χ0v) is 17.5. The minimum absolute atomic E-state index is 0.0477. The van der Waals surface area contributed by atoms with Gasteiger partial charge in [0.25, 0.3) is 5.91 Å². The van der Waals surface area contributed by atoms with Gasteiger partial charge < -0.3 is 15.3 Å². The minimum atomic E-state index is -0.330. The lowest BCUT2D eigenvalue weighted by molar-refractivity contribution is -0.138. The third-order valence-electron chi connectivity index (χ3n) is 6.28. The predicted molar refractivity (Wildman–Crippen MR) is 115 cm³/mol. The highest BCUT2D eigenvalue weighted by Crippen LogP contribution is 2.27. The zero-order chi connectivity index (χ0) is 21.8. The molecule has 6 nitrogen and oxygen atoms in total. The summed E-state index contributed by atoms with van der Waals surface area (Å²) in [5, 5.41) is 12.7. The van der Waals surface area contributed by atoms with Crippen molar-refractivity contribution in [1.29, 1.82) is 0 Å². The van der Waals surface area contributed by atoms with Crippen LogP contribution in [0.5, 0.6) is 0 Å². The maximum atomic E-state index is 13.4. The topological polar surface area (TPSA) is 82.5 Å². The summed E-state index contributed by atoms with van der Waals surface area (Å²) in [5.74, 6) is -0.476. The molecule has 2 atom stereocenters. The van der Waals surface area contributed by atoms with Gasteiger partial charge in [0.1, 0.15) is 5.82 Å². The number of carbonyl (C=O) groups excluding carboxylic acids is 2. The Labute approximate surface area is 181 Å². The van der Waals surface area contributed by atoms with Crippen molar-refractivity contribution in [3.8, 4) is 11.3 Å². The Morgan fingerprint density at radius 3 is 2.61 bits per heavy atom. The summed E-state index contributed by atoms with van der Waals surface area (Å²) in [6, 6.07) is 9.53. The average Bonchev–Trinajstić information content (AvgIpc) is 2.79.